The topological polar surface area (TPSA) is 46.3 Å². The van der Waals surface area contributed by atoms with E-state index < -0.39 is 0 Å². The van der Waals surface area contributed by atoms with Crippen molar-refractivity contribution in [3.8, 4) is 11.8 Å². The molecule has 1 amide bonds. The Labute approximate surface area is 183 Å². The molecular weight excluding hydrogens is 368 g/mol. The van der Waals surface area contributed by atoms with E-state index in [4.69, 9.17) is 0 Å². The molecule has 1 aliphatic heterocycles. The molecule has 3 nitrogen and oxygen atoms in total. The van der Waals surface area contributed by atoms with Gasteiger partial charge in [0.25, 0.3) is 0 Å². The van der Waals surface area contributed by atoms with Gasteiger partial charge in [0, 0.05) is 30.6 Å². The second-order valence-electron chi connectivity index (χ2n) is 7.09. The fourth-order valence-electron chi connectivity index (χ4n) is 3.48. The van der Waals surface area contributed by atoms with E-state index in [-0.39, 0.29) is 0 Å². The molecule has 0 aliphatic carbocycles. The number of likely N-dealkylation sites (tertiary alicyclic amines) is 1. The molecule has 30 heavy (non-hydrogen) atoms. The van der Waals surface area contributed by atoms with Crippen molar-refractivity contribution in [1.29, 1.82) is 0 Å². The Morgan fingerprint density at radius 1 is 0.933 bits per heavy atom. The lowest BCUT2D eigenvalue weighted by molar-refractivity contribution is -0.132. The zero-order valence-corrected chi connectivity index (χ0v) is 19.2. The fourth-order valence-corrected chi connectivity index (χ4v) is 3.48. The standard InChI is InChI=1S/C24H27NO.C2H6.CH5N/c1-2-6-24(26)25-17-15-23(16-18-25)19-22-13-11-21(12-14-22)10-9-20-7-4-3-5-8-20;2*1-2/h3-5,7-8,11-14,23H,2,6,15-19H2,1H3;1-2H3;2H2,1H3. The van der Waals surface area contributed by atoms with Gasteiger partial charge < -0.3 is 10.6 Å². The molecule has 1 aliphatic rings. The van der Waals surface area contributed by atoms with Crippen molar-refractivity contribution in [2.24, 2.45) is 11.7 Å². The van der Waals surface area contributed by atoms with Crippen LogP contribution in [0.4, 0.5) is 0 Å². The van der Waals surface area contributed by atoms with Crippen molar-refractivity contribution >= 4 is 5.91 Å². The van der Waals surface area contributed by atoms with E-state index in [0.717, 1.165) is 49.9 Å². The van der Waals surface area contributed by atoms with Crippen LogP contribution < -0.4 is 5.73 Å². The van der Waals surface area contributed by atoms with Gasteiger partial charge in [-0.05, 0) is 68.5 Å². The predicted molar refractivity (Wildman–Crippen MR) is 128 cm³/mol. The molecule has 0 bridgehead atoms. The minimum absolute atomic E-state index is 0.326. The summed E-state index contributed by atoms with van der Waals surface area (Å²) < 4.78 is 0. The molecule has 1 fully saturated rings. The van der Waals surface area contributed by atoms with Crippen molar-refractivity contribution in [1.82, 2.24) is 4.90 Å². The highest BCUT2D eigenvalue weighted by atomic mass is 16.2. The summed E-state index contributed by atoms with van der Waals surface area (Å²) in [6.45, 7) is 7.91. The van der Waals surface area contributed by atoms with Crippen molar-refractivity contribution < 1.29 is 4.79 Å². The third kappa shape index (κ3) is 8.84. The minimum atomic E-state index is 0.326. The number of rotatable bonds is 4. The molecule has 0 atom stereocenters. The summed E-state index contributed by atoms with van der Waals surface area (Å²) in [5.74, 6) is 7.44. The van der Waals surface area contributed by atoms with Crippen LogP contribution in [0, 0.1) is 17.8 Å². The Morgan fingerprint density at radius 2 is 1.47 bits per heavy atom. The van der Waals surface area contributed by atoms with Gasteiger partial charge in [0.15, 0.2) is 0 Å². The minimum Gasteiger partial charge on any atom is -0.343 e. The average molecular weight is 407 g/mol. The van der Waals surface area contributed by atoms with Crippen molar-refractivity contribution in [2.75, 3.05) is 20.1 Å². The molecule has 1 saturated heterocycles. The van der Waals surface area contributed by atoms with Gasteiger partial charge in [-0.2, -0.15) is 0 Å². The zero-order valence-electron chi connectivity index (χ0n) is 19.2. The van der Waals surface area contributed by atoms with E-state index in [1.54, 1.807) is 0 Å². The third-order valence-corrected chi connectivity index (χ3v) is 5.03. The predicted octanol–water partition coefficient (Wildman–Crippen LogP) is 5.27. The Bertz CT molecular complexity index is 764. The first-order valence-electron chi connectivity index (χ1n) is 11.3. The van der Waals surface area contributed by atoms with Gasteiger partial charge in [-0.3, -0.25) is 4.79 Å². The molecule has 2 N–H and O–H groups in total. The number of hydrogen-bond donors (Lipinski definition) is 1. The summed E-state index contributed by atoms with van der Waals surface area (Å²) in [5.41, 5.74) is 7.96. The summed E-state index contributed by atoms with van der Waals surface area (Å²) in [6.07, 6.45) is 4.96. The van der Waals surface area contributed by atoms with Crippen molar-refractivity contribution in [3.63, 3.8) is 0 Å². The normalized spacial score (nSPS) is 13.0. The van der Waals surface area contributed by atoms with E-state index in [0.29, 0.717) is 18.2 Å². The Hall–Kier alpha value is -2.57. The summed E-state index contributed by atoms with van der Waals surface area (Å²) >= 11 is 0. The number of nitrogens with zero attached hydrogens (tertiary/aromatic N) is 1. The van der Waals surface area contributed by atoms with Gasteiger partial charge in [0.1, 0.15) is 0 Å². The molecule has 0 radical (unpaired) electrons. The van der Waals surface area contributed by atoms with Crippen LogP contribution in [0.1, 0.15) is 63.1 Å². The van der Waals surface area contributed by atoms with Crippen LogP contribution in [-0.4, -0.2) is 30.9 Å². The largest absolute Gasteiger partial charge is 0.343 e. The number of nitrogens with two attached hydrogens (primary N) is 1. The Balaban J connectivity index is 0.00000106. The first kappa shape index (κ1) is 25.5. The second-order valence-corrected chi connectivity index (χ2v) is 7.09. The second kappa shape index (κ2) is 15.3. The monoisotopic (exact) mass is 406 g/mol. The number of benzene rings is 2. The summed E-state index contributed by atoms with van der Waals surface area (Å²) in [7, 11) is 1.50. The maximum atomic E-state index is 12.0. The van der Waals surface area contributed by atoms with E-state index in [2.05, 4.69) is 48.8 Å². The van der Waals surface area contributed by atoms with E-state index in [9.17, 15) is 4.79 Å². The van der Waals surface area contributed by atoms with E-state index in [1.165, 1.54) is 12.6 Å². The van der Waals surface area contributed by atoms with Crippen LogP contribution in [0.15, 0.2) is 54.6 Å². The lowest BCUT2D eigenvalue weighted by Crippen LogP contribution is -2.38. The number of hydrogen-bond acceptors (Lipinski definition) is 2. The molecule has 0 saturated carbocycles. The molecule has 2 aromatic carbocycles. The Kier molecular flexibility index (Phi) is 13.0. The number of carbonyl (C=O) groups is 1. The molecule has 1 heterocycles. The first-order chi connectivity index (χ1) is 14.7. The fraction of sp³-hybridized carbons (Fsp3) is 0.444. The van der Waals surface area contributed by atoms with Gasteiger partial charge in [-0.25, -0.2) is 0 Å². The quantitative estimate of drug-likeness (QED) is 0.703. The number of piperidine rings is 1. The smallest absolute Gasteiger partial charge is 0.222 e. The van der Waals surface area contributed by atoms with Gasteiger partial charge >= 0.3 is 0 Å². The van der Waals surface area contributed by atoms with Gasteiger partial charge in [0.2, 0.25) is 5.91 Å². The van der Waals surface area contributed by atoms with Crippen molar-refractivity contribution in [3.05, 3.63) is 71.3 Å². The average Bonchev–Trinajstić information content (AvgIpc) is 2.82. The molecule has 3 rings (SSSR count). The van der Waals surface area contributed by atoms with Crippen molar-refractivity contribution in [2.45, 2.75) is 52.9 Å². The molecular formula is C27H38N2O. The van der Waals surface area contributed by atoms with E-state index >= 15 is 0 Å². The van der Waals surface area contributed by atoms with Crippen LogP contribution in [-0.2, 0) is 11.2 Å². The van der Waals surface area contributed by atoms with Crippen LogP contribution in [0.25, 0.3) is 0 Å². The SMILES string of the molecule is CC.CCCC(=O)N1CCC(Cc2ccc(C#Cc3ccccc3)cc2)CC1.CN. The highest BCUT2D eigenvalue weighted by Crippen LogP contribution is 2.22. The number of carbonyl (C=O) groups excluding carboxylic acids is 1. The summed E-state index contributed by atoms with van der Waals surface area (Å²) in [4.78, 5) is 14.0. The molecule has 2 aromatic rings. The maximum Gasteiger partial charge on any atom is 0.222 e. The maximum absolute atomic E-state index is 12.0. The van der Waals surface area contributed by atoms with Gasteiger partial charge in [0.05, 0.1) is 0 Å². The Morgan fingerprint density at radius 3 is 2.00 bits per heavy atom. The lowest BCUT2D eigenvalue weighted by Gasteiger charge is -2.32. The summed E-state index contributed by atoms with van der Waals surface area (Å²) in [5, 5.41) is 0. The number of amides is 1. The first-order valence-corrected chi connectivity index (χ1v) is 11.3. The molecule has 3 heteroatoms. The van der Waals surface area contributed by atoms with Crippen LogP contribution in [0.5, 0.6) is 0 Å². The highest BCUT2D eigenvalue weighted by molar-refractivity contribution is 5.76. The zero-order chi connectivity index (χ0) is 22.2. The third-order valence-electron chi connectivity index (χ3n) is 5.03. The van der Waals surface area contributed by atoms with E-state index in [1.807, 2.05) is 49.1 Å². The van der Waals surface area contributed by atoms with Crippen LogP contribution >= 0.6 is 0 Å². The molecule has 0 unspecified atom stereocenters. The molecule has 162 valence electrons. The lowest BCUT2D eigenvalue weighted by atomic mass is 9.90. The van der Waals surface area contributed by atoms with Crippen LogP contribution in [0.3, 0.4) is 0 Å². The van der Waals surface area contributed by atoms with Crippen LogP contribution in [0.2, 0.25) is 0 Å². The van der Waals surface area contributed by atoms with Gasteiger partial charge in [-0.1, -0.05) is 62.9 Å². The molecule has 0 spiro atoms. The summed E-state index contributed by atoms with van der Waals surface area (Å²) in [6, 6.07) is 18.7. The highest BCUT2D eigenvalue weighted by Gasteiger charge is 2.22. The molecule has 0 aromatic heterocycles. The van der Waals surface area contributed by atoms with Gasteiger partial charge in [-0.15, -0.1) is 0 Å².